The number of ether oxygens (including phenoxy) is 1. The normalized spacial score (nSPS) is 11.3. The van der Waals surface area contributed by atoms with Crippen LogP contribution in [-0.2, 0) is 16.0 Å². The minimum atomic E-state index is -1.49. The van der Waals surface area contributed by atoms with Gasteiger partial charge in [0.15, 0.2) is 22.3 Å². The average Bonchev–Trinajstić information content (AvgIpc) is 2.87. The number of hydrogen-bond donors (Lipinski definition) is 2. The molecular formula is C16H15ClF2N2O4S. The molecular weight excluding hydrogens is 390 g/mol. The Balaban J connectivity index is 2.08. The highest BCUT2D eigenvalue weighted by molar-refractivity contribution is 7.19. The predicted octanol–water partition coefficient (Wildman–Crippen LogP) is 3.89. The standard InChI is InChI=1S/C16H15ClF2N2O4S/c1-16(2,25-11-5-3-8(18)7-9(11)19)14(24)21-15-20-10(13(17)26-15)4-6-12(22)23/h3,5,7H,4,6H2,1-2H3,(H,22,23)(H,20,21,24). The second-order valence-corrected chi connectivity index (χ2v) is 7.38. The van der Waals surface area contributed by atoms with E-state index in [4.69, 9.17) is 21.4 Å². The van der Waals surface area contributed by atoms with Crippen LogP contribution >= 0.6 is 22.9 Å². The fourth-order valence-corrected chi connectivity index (χ4v) is 2.98. The van der Waals surface area contributed by atoms with Crippen LogP contribution in [0, 0.1) is 11.6 Å². The summed E-state index contributed by atoms with van der Waals surface area (Å²) in [4.78, 5) is 27.1. The van der Waals surface area contributed by atoms with Crippen molar-refractivity contribution in [2.24, 2.45) is 0 Å². The van der Waals surface area contributed by atoms with E-state index < -0.39 is 29.1 Å². The Morgan fingerprint density at radius 2 is 2.08 bits per heavy atom. The van der Waals surface area contributed by atoms with Crippen LogP contribution in [0.3, 0.4) is 0 Å². The molecule has 0 bridgehead atoms. The van der Waals surface area contributed by atoms with E-state index in [1.165, 1.54) is 13.8 Å². The minimum Gasteiger partial charge on any atom is -0.481 e. The number of aromatic nitrogens is 1. The average molecular weight is 405 g/mol. The van der Waals surface area contributed by atoms with Crippen molar-refractivity contribution in [3.63, 3.8) is 0 Å². The molecule has 1 aromatic heterocycles. The van der Waals surface area contributed by atoms with Gasteiger partial charge in [0.2, 0.25) is 0 Å². The molecule has 10 heteroatoms. The largest absolute Gasteiger partial charge is 0.481 e. The van der Waals surface area contributed by atoms with Crippen LogP contribution in [0.25, 0.3) is 0 Å². The van der Waals surface area contributed by atoms with Gasteiger partial charge in [-0.05, 0) is 26.0 Å². The summed E-state index contributed by atoms with van der Waals surface area (Å²) in [6.45, 7) is 2.82. The van der Waals surface area contributed by atoms with E-state index in [9.17, 15) is 18.4 Å². The van der Waals surface area contributed by atoms with Crippen LogP contribution in [0.1, 0.15) is 26.0 Å². The number of aliphatic carboxylic acids is 1. The minimum absolute atomic E-state index is 0.126. The molecule has 1 heterocycles. The van der Waals surface area contributed by atoms with Crippen LogP contribution in [0.15, 0.2) is 18.2 Å². The van der Waals surface area contributed by atoms with Crippen molar-refractivity contribution >= 4 is 39.9 Å². The Labute approximate surface area is 156 Å². The molecule has 0 aliphatic carbocycles. The molecule has 6 nitrogen and oxygen atoms in total. The third-order valence-electron chi connectivity index (χ3n) is 3.25. The highest BCUT2D eigenvalue weighted by Gasteiger charge is 2.32. The first-order chi connectivity index (χ1) is 12.1. The zero-order chi connectivity index (χ0) is 19.5. The van der Waals surface area contributed by atoms with Gasteiger partial charge in [0.25, 0.3) is 5.91 Å². The van der Waals surface area contributed by atoms with Gasteiger partial charge in [0, 0.05) is 12.5 Å². The summed E-state index contributed by atoms with van der Waals surface area (Å²) in [6, 6.07) is 2.75. The van der Waals surface area contributed by atoms with Gasteiger partial charge in [-0.25, -0.2) is 13.8 Å². The summed E-state index contributed by atoms with van der Waals surface area (Å²) in [7, 11) is 0. The first kappa shape index (κ1) is 20.1. The number of carboxylic acid groups (broad SMARTS) is 1. The van der Waals surface area contributed by atoms with Gasteiger partial charge in [0.05, 0.1) is 12.1 Å². The Hall–Kier alpha value is -2.26. The summed E-state index contributed by atoms with van der Waals surface area (Å²) in [5, 5.41) is 11.4. The Kier molecular flexibility index (Phi) is 6.14. The lowest BCUT2D eigenvalue weighted by Crippen LogP contribution is -2.42. The lowest BCUT2D eigenvalue weighted by molar-refractivity contribution is -0.137. The molecule has 0 unspecified atom stereocenters. The maximum Gasteiger partial charge on any atom is 0.303 e. The maximum absolute atomic E-state index is 13.7. The van der Waals surface area contributed by atoms with Crippen LogP contribution in [0.2, 0.25) is 4.34 Å². The third-order valence-corrected chi connectivity index (χ3v) is 4.50. The van der Waals surface area contributed by atoms with Crippen molar-refractivity contribution in [2.75, 3.05) is 5.32 Å². The van der Waals surface area contributed by atoms with E-state index in [2.05, 4.69) is 10.3 Å². The number of anilines is 1. The number of aryl methyl sites for hydroxylation is 1. The summed E-state index contributed by atoms with van der Waals surface area (Å²) in [5.41, 5.74) is -1.13. The van der Waals surface area contributed by atoms with E-state index in [1.54, 1.807) is 0 Å². The molecule has 0 spiro atoms. The number of hydrogen-bond acceptors (Lipinski definition) is 5. The maximum atomic E-state index is 13.7. The predicted molar refractivity (Wildman–Crippen MR) is 92.8 cm³/mol. The number of carbonyl (C=O) groups is 2. The zero-order valence-electron chi connectivity index (χ0n) is 13.8. The van der Waals surface area contributed by atoms with E-state index >= 15 is 0 Å². The smallest absolute Gasteiger partial charge is 0.303 e. The molecule has 0 radical (unpaired) electrons. The lowest BCUT2D eigenvalue weighted by atomic mass is 10.1. The van der Waals surface area contributed by atoms with E-state index in [-0.39, 0.29) is 28.1 Å². The van der Waals surface area contributed by atoms with Gasteiger partial charge in [0.1, 0.15) is 10.2 Å². The highest BCUT2D eigenvalue weighted by Crippen LogP contribution is 2.30. The number of nitrogens with one attached hydrogen (secondary N) is 1. The molecule has 140 valence electrons. The molecule has 0 saturated carbocycles. The molecule has 2 aromatic rings. The van der Waals surface area contributed by atoms with Gasteiger partial charge in [-0.3, -0.25) is 14.9 Å². The van der Waals surface area contributed by atoms with Gasteiger partial charge in [-0.1, -0.05) is 22.9 Å². The first-order valence-corrected chi connectivity index (χ1v) is 8.60. The van der Waals surface area contributed by atoms with Gasteiger partial charge in [-0.15, -0.1) is 0 Å². The summed E-state index contributed by atoms with van der Waals surface area (Å²) >= 11 is 6.96. The molecule has 2 N–H and O–H groups in total. The highest BCUT2D eigenvalue weighted by atomic mass is 35.5. The number of nitrogens with zero attached hydrogens (tertiary/aromatic N) is 1. The van der Waals surface area contributed by atoms with E-state index in [1.807, 2.05) is 0 Å². The summed E-state index contributed by atoms with van der Waals surface area (Å²) in [6.07, 6.45) is -0.0174. The molecule has 0 saturated heterocycles. The zero-order valence-corrected chi connectivity index (χ0v) is 15.4. The molecule has 26 heavy (non-hydrogen) atoms. The van der Waals surface area contributed by atoms with Crippen molar-refractivity contribution in [2.45, 2.75) is 32.3 Å². The second-order valence-electron chi connectivity index (χ2n) is 5.77. The van der Waals surface area contributed by atoms with Crippen LogP contribution in [0.4, 0.5) is 13.9 Å². The number of rotatable bonds is 7. The quantitative estimate of drug-likeness (QED) is 0.730. The molecule has 0 fully saturated rings. The van der Waals surface area contributed by atoms with Gasteiger partial charge in [-0.2, -0.15) is 0 Å². The van der Waals surface area contributed by atoms with E-state index in [0.29, 0.717) is 11.8 Å². The molecule has 1 aromatic carbocycles. The summed E-state index contributed by atoms with van der Waals surface area (Å²) < 4.78 is 32.3. The molecule has 0 atom stereocenters. The fraction of sp³-hybridized carbons (Fsp3) is 0.312. The SMILES string of the molecule is CC(C)(Oc1ccc(F)cc1F)C(=O)Nc1nc(CCC(=O)O)c(Cl)s1. The third kappa shape index (κ3) is 5.12. The van der Waals surface area contributed by atoms with Crippen LogP contribution in [-0.4, -0.2) is 27.6 Å². The number of carbonyl (C=O) groups excluding carboxylic acids is 1. The lowest BCUT2D eigenvalue weighted by Gasteiger charge is -2.24. The number of carboxylic acids is 1. The number of benzene rings is 1. The van der Waals surface area contributed by atoms with Gasteiger partial charge < -0.3 is 9.84 Å². The topological polar surface area (TPSA) is 88.5 Å². The fourth-order valence-electron chi connectivity index (χ4n) is 1.89. The molecule has 2 rings (SSSR count). The van der Waals surface area contributed by atoms with Crippen molar-refractivity contribution in [1.82, 2.24) is 4.98 Å². The molecule has 0 aliphatic heterocycles. The molecule has 0 aliphatic rings. The first-order valence-electron chi connectivity index (χ1n) is 7.41. The number of thiazole rings is 1. The van der Waals surface area contributed by atoms with Crippen molar-refractivity contribution in [3.05, 3.63) is 39.9 Å². The van der Waals surface area contributed by atoms with Crippen LogP contribution in [0.5, 0.6) is 5.75 Å². The monoisotopic (exact) mass is 404 g/mol. The van der Waals surface area contributed by atoms with Crippen LogP contribution < -0.4 is 10.1 Å². The van der Waals surface area contributed by atoms with Crippen molar-refractivity contribution < 1.29 is 28.2 Å². The summed E-state index contributed by atoms with van der Waals surface area (Å²) in [5.74, 6) is -3.58. The second kappa shape index (κ2) is 7.96. The number of halogens is 3. The Bertz CT molecular complexity index is 842. The van der Waals surface area contributed by atoms with E-state index in [0.717, 1.165) is 23.5 Å². The number of amides is 1. The van der Waals surface area contributed by atoms with Crippen molar-refractivity contribution in [3.8, 4) is 5.75 Å². The van der Waals surface area contributed by atoms with Gasteiger partial charge >= 0.3 is 5.97 Å². The molecule has 1 amide bonds. The van der Waals surface area contributed by atoms with Crippen molar-refractivity contribution in [1.29, 1.82) is 0 Å². The Morgan fingerprint density at radius 1 is 1.38 bits per heavy atom. The Morgan fingerprint density at radius 3 is 2.69 bits per heavy atom.